The minimum Gasteiger partial charge on any atom is -0.390 e. The van der Waals surface area contributed by atoms with Crippen LogP contribution in [0.2, 0.25) is 0 Å². The normalized spacial score (nSPS) is 23.5. The molecular formula is C9H19NO. The van der Waals surface area contributed by atoms with Crippen molar-refractivity contribution in [3.8, 4) is 0 Å². The molecule has 0 aromatic carbocycles. The van der Waals surface area contributed by atoms with E-state index in [1.54, 1.807) is 0 Å². The maximum atomic E-state index is 9.96. The molecule has 1 aliphatic rings. The van der Waals surface area contributed by atoms with Crippen molar-refractivity contribution in [2.45, 2.75) is 44.6 Å². The van der Waals surface area contributed by atoms with E-state index >= 15 is 0 Å². The van der Waals surface area contributed by atoms with Crippen LogP contribution in [0.1, 0.15) is 39.0 Å². The summed E-state index contributed by atoms with van der Waals surface area (Å²) < 4.78 is 0. The van der Waals surface area contributed by atoms with E-state index in [0.717, 1.165) is 38.8 Å². The molecule has 0 bridgehead atoms. The molecule has 0 radical (unpaired) electrons. The average molecular weight is 157 g/mol. The third-order valence-corrected chi connectivity index (χ3v) is 2.53. The highest BCUT2D eigenvalue weighted by molar-refractivity contribution is 4.83. The summed E-state index contributed by atoms with van der Waals surface area (Å²) >= 11 is 0. The summed E-state index contributed by atoms with van der Waals surface area (Å²) in [6, 6.07) is 0. The Kier molecular flexibility index (Phi) is 3.34. The maximum absolute atomic E-state index is 9.96. The van der Waals surface area contributed by atoms with E-state index in [1.807, 2.05) is 0 Å². The smallest absolute Gasteiger partial charge is 0.0672 e. The van der Waals surface area contributed by atoms with Crippen LogP contribution in [0.15, 0.2) is 0 Å². The topological polar surface area (TPSA) is 32.3 Å². The van der Waals surface area contributed by atoms with Crippen molar-refractivity contribution in [3.63, 3.8) is 0 Å². The van der Waals surface area contributed by atoms with E-state index in [-0.39, 0.29) is 5.60 Å². The molecule has 0 atom stereocenters. The van der Waals surface area contributed by atoms with Gasteiger partial charge in [-0.15, -0.1) is 0 Å². The second-order valence-electron chi connectivity index (χ2n) is 3.58. The van der Waals surface area contributed by atoms with Crippen LogP contribution in [0.25, 0.3) is 0 Å². The molecule has 0 aromatic heterocycles. The van der Waals surface area contributed by atoms with Crippen LogP contribution < -0.4 is 5.32 Å². The number of hydrogen-bond acceptors (Lipinski definition) is 2. The molecule has 1 aliphatic heterocycles. The molecule has 2 N–H and O–H groups in total. The highest BCUT2D eigenvalue weighted by Gasteiger charge is 2.27. The lowest BCUT2D eigenvalue weighted by Crippen LogP contribution is -2.41. The van der Waals surface area contributed by atoms with Crippen LogP contribution in [0.3, 0.4) is 0 Å². The first kappa shape index (κ1) is 9.01. The Balaban J connectivity index is 2.25. The standard InChI is InChI=1S/C9H19NO/c1-2-3-4-9(11)5-7-10-8-6-9/h10-11H,2-8H2,1H3. The van der Waals surface area contributed by atoms with Crippen molar-refractivity contribution in [2.75, 3.05) is 13.1 Å². The molecule has 0 saturated carbocycles. The van der Waals surface area contributed by atoms with Gasteiger partial charge in [-0.3, -0.25) is 0 Å². The van der Waals surface area contributed by atoms with Gasteiger partial charge in [0.1, 0.15) is 0 Å². The molecule has 66 valence electrons. The molecule has 0 spiro atoms. The van der Waals surface area contributed by atoms with Gasteiger partial charge in [0.05, 0.1) is 5.60 Å². The summed E-state index contributed by atoms with van der Waals surface area (Å²) in [5, 5.41) is 13.2. The van der Waals surface area contributed by atoms with Crippen LogP contribution in [0.4, 0.5) is 0 Å². The van der Waals surface area contributed by atoms with Gasteiger partial charge in [-0.1, -0.05) is 19.8 Å². The molecule has 2 heteroatoms. The van der Waals surface area contributed by atoms with Crippen molar-refractivity contribution in [1.82, 2.24) is 5.32 Å². The molecule has 1 heterocycles. The summed E-state index contributed by atoms with van der Waals surface area (Å²) in [5.41, 5.74) is -0.332. The van der Waals surface area contributed by atoms with Crippen molar-refractivity contribution in [2.24, 2.45) is 0 Å². The molecule has 0 aromatic rings. The number of nitrogens with one attached hydrogen (secondary N) is 1. The monoisotopic (exact) mass is 157 g/mol. The van der Waals surface area contributed by atoms with Crippen LogP contribution >= 0.6 is 0 Å². The fourth-order valence-electron chi connectivity index (χ4n) is 1.65. The van der Waals surface area contributed by atoms with Crippen LogP contribution in [0.5, 0.6) is 0 Å². The summed E-state index contributed by atoms with van der Waals surface area (Å²) in [6.07, 6.45) is 5.22. The van der Waals surface area contributed by atoms with Gasteiger partial charge in [0, 0.05) is 0 Å². The van der Waals surface area contributed by atoms with E-state index in [4.69, 9.17) is 0 Å². The molecule has 2 nitrogen and oxygen atoms in total. The molecular weight excluding hydrogens is 138 g/mol. The Morgan fingerprint density at radius 2 is 2.00 bits per heavy atom. The van der Waals surface area contributed by atoms with Gasteiger partial charge < -0.3 is 10.4 Å². The van der Waals surface area contributed by atoms with Gasteiger partial charge >= 0.3 is 0 Å². The quantitative estimate of drug-likeness (QED) is 0.647. The predicted molar refractivity (Wildman–Crippen MR) is 46.6 cm³/mol. The van der Waals surface area contributed by atoms with E-state index in [9.17, 15) is 5.11 Å². The van der Waals surface area contributed by atoms with Gasteiger partial charge in [0.2, 0.25) is 0 Å². The van der Waals surface area contributed by atoms with Crippen molar-refractivity contribution in [3.05, 3.63) is 0 Å². The molecule has 1 fully saturated rings. The molecule has 1 saturated heterocycles. The first-order valence-electron chi connectivity index (χ1n) is 4.70. The zero-order valence-electron chi connectivity index (χ0n) is 7.40. The first-order valence-corrected chi connectivity index (χ1v) is 4.70. The Morgan fingerprint density at radius 3 is 2.55 bits per heavy atom. The van der Waals surface area contributed by atoms with E-state index < -0.39 is 0 Å². The van der Waals surface area contributed by atoms with E-state index in [0.29, 0.717) is 0 Å². The largest absolute Gasteiger partial charge is 0.390 e. The highest BCUT2D eigenvalue weighted by Crippen LogP contribution is 2.23. The molecule has 0 amide bonds. The third kappa shape index (κ3) is 2.80. The Morgan fingerprint density at radius 1 is 1.36 bits per heavy atom. The van der Waals surface area contributed by atoms with Crippen molar-refractivity contribution < 1.29 is 5.11 Å². The highest BCUT2D eigenvalue weighted by atomic mass is 16.3. The summed E-state index contributed by atoms with van der Waals surface area (Å²) in [4.78, 5) is 0. The average Bonchev–Trinajstić information content (AvgIpc) is 2.03. The SMILES string of the molecule is CCCCC1(O)CCNCC1. The Bertz CT molecular complexity index is 108. The molecule has 0 unspecified atom stereocenters. The van der Waals surface area contributed by atoms with E-state index in [2.05, 4.69) is 12.2 Å². The fourth-order valence-corrected chi connectivity index (χ4v) is 1.65. The van der Waals surface area contributed by atoms with Crippen molar-refractivity contribution >= 4 is 0 Å². The maximum Gasteiger partial charge on any atom is 0.0672 e. The minimum atomic E-state index is -0.332. The van der Waals surface area contributed by atoms with Crippen LogP contribution in [-0.2, 0) is 0 Å². The Labute approximate surface area is 69.0 Å². The minimum absolute atomic E-state index is 0.332. The van der Waals surface area contributed by atoms with Gasteiger partial charge in [-0.25, -0.2) is 0 Å². The number of unbranched alkanes of at least 4 members (excludes halogenated alkanes) is 1. The van der Waals surface area contributed by atoms with Gasteiger partial charge in [-0.2, -0.15) is 0 Å². The molecule has 0 aliphatic carbocycles. The number of hydrogen-bond donors (Lipinski definition) is 2. The molecule has 1 rings (SSSR count). The van der Waals surface area contributed by atoms with Gasteiger partial charge in [0.15, 0.2) is 0 Å². The summed E-state index contributed by atoms with van der Waals surface area (Å²) in [7, 11) is 0. The zero-order chi connectivity index (χ0) is 8.16. The lowest BCUT2D eigenvalue weighted by Gasteiger charge is -2.32. The lowest BCUT2D eigenvalue weighted by molar-refractivity contribution is 0.000684. The first-order chi connectivity index (χ1) is 5.27. The summed E-state index contributed by atoms with van der Waals surface area (Å²) in [5.74, 6) is 0. The Hall–Kier alpha value is -0.0800. The fraction of sp³-hybridized carbons (Fsp3) is 1.00. The van der Waals surface area contributed by atoms with Crippen LogP contribution in [-0.4, -0.2) is 23.8 Å². The summed E-state index contributed by atoms with van der Waals surface area (Å²) in [6.45, 7) is 4.14. The lowest BCUT2D eigenvalue weighted by atomic mass is 9.87. The second kappa shape index (κ2) is 4.07. The number of aliphatic hydroxyl groups is 1. The van der Waals surface area contributed by atoms with Crippen LogP contribution in [0, 0.1) is 0 Å². The van der Waals surface area contributed by atoms with Crippen molar-refractivity contribution in [1.29, 1.82) is 0 Å². The zero-order valence-corrected chi connectivity index (χ0v) is 7.40. The molecule has 11 heavy (non-hydrogen) atoms. The van der Waals surface area contributed by atoms with Gasteiger partial charge in [0.25, 0.3) is 0 Å². The number of rotatable bonds is 3. The van der Waals surface area contributed by atoms with E-state index in [1.165, 1.54) is 6.42 Å². The van der Waals surface area contributed by atoms with Gasteiger partial charge in [-0.05, 0) is 32.4 Å². The predicted octanol–water partition coefficient (Wildman–Crippen LogP) is 1.29. The third-order valence-electron chi connectivity index (χ3n) is 2.53. The number of piperidine rings is 1. The second-order valence-corrected chi connectivity index (χ2v) is 3.58.